The highest BCUT2D eigenvalue weighted by Crippen LogP contribution is 2.19. The number of rotatable bonds is 2. The van der Waals surface area contributed by atoms with E-state index in [1.165, 1.54) is 89.8 Å². The van der Waals surface area contributed by atoms with E-state index >= 15 is 0 Å². The molecule has 2 aromatic carbocycles. The molecular weight excluding hydrogens is 394 g/mol. The molecule has 1 unspecified atom stereocenters. The summed E-state index contributed by atoms with van der Waals surface area (Å²) in [6.07, 6.45) is 10.9. The molecule has 1 saturated heterocycles. The van der Waals surface area contributed by atoms with E-state index in [1.54, 1.807) is 29.3 Å². The summed E-state index contributed by atoms with van der Waals surface area (Å²) in [5.41, 5.74) is 7.63. The van der Waals surface area contributed by atoms with E-state index < -0.39 is 0 Å². The van der Waals surface area contributed by atoms with Crippen molar-refractivity contribution in [3.63, 3.8) is 0 Å². The Morgan fingerprint density at radius 1 is 0.900 bits per heavy atom. The predicted molar refractivity (Wildman–Crippen MR) is 129 cm³/mol. The van der Waals surface area contributed by atoms with E-state index in [4.69, 9.17) is 0 Å². The lowest BCUT2D eigenvalue weighted by Crippen LogP contribution is -2.31. The van der Waals surface area contributed by atoms with Crippen molar-refractivity contribution in [2.75, 3.05) is 25.8 Å². The monoisotopic (exact) mass is 432 g/mol. The number of hydrogen-bond donors (Lipinski definition) is 1. The van der Waals surface area contributed by atoms with Gasteiger partial charge in [0.2, 0.25) is 5.91 Å². The smallest absolute Gasteiger partial charge is 0.214 e. The zero-order valence-corrected chi connectivity index (χ0v) is 19.5. The molecule has 5 heteroatoms. The van der Waals surface area contributed by atoms with Gasteiger partial charge in [-0.05, 0) is 81.0 Å². The number of primary amides is 1. The van der Waals surface area contributed by atoms with E-state index in [0.29, 0.717) is 0 Å². The lowest BCUT2D eigenvalue weighted by Gasteiger charge is -2.25. The number of fused-ring (bicyclic) bond motifs is 1. The van der Waals surface area contributed by atoms with Crippen molar-refractivity contribution in [2.24, 2.45) is 5.73 Å². The molecule has 0 aromatic heterocycles. The van der Waals surface area contributed by atoms with Gasteiger partial charge in [-0.2, -0.15) is 0 Å². The average Bonchev–Trinajstić information content (AvgIpc) is 2.76. The SMILES string of the molecule is CC(N)=O.Fc1ccccc1.PCCN1CCCCC1.c1ccc2c(c1)CCCC2. The number of halogens is 1. The van der Waals surface area contributed by atoms with Crippen LogP contribution in [0.1, 0.15) is 50.2 Å². The molecular formula is C25H38FN2OP. The van der Waals surface area contributed by atoms with Crippen molar-refractivity contribution in [2.45, 2.75) is 51.9 Å². The summed E-state index contributed by atoms with van der Waals surface area (Å²) >= 11 is 0. The molecule has 1 fully saturated rings. The number of nitrogens with two attached hydrogens (primary N) is 1. The Balaban J connectivity index is 0.000000210. The number of carbonyl (C=O) groups excluding carboxylic acids is 1. The fourth-order valence-electron chi connectivity index (χ4n) is 3.46. The highest BCUT2D eigenvalue weighted by atomic mass is 31.0. The number of aryl methyl sites for hydroxylation is 2. The van der Waals surface area contributed by atoms with Crippen molar-refractivity contribution >= 4 is 15.1 Å². The van der Waals surface area contributed by atoms with Crippen LogP contribution < -0.4 is 5.73 Å². The van der Waals surface area contributed by atoms with E-state index in [-0.39, 0.29) is 11.7 Å². The van der Waals surface area contributed by atoms with Gasteiger partial charge in [0.15, 0.2) is 0 Å². The van der Waals surface area contributed by atoms with Gasteiger partial charge < -0.3 is 10.6 Å². The number of nitrogens with zero attached hydrogens (tertiary/aromatic N) is 1. The van der Waals surface area contributed by atoms with Crippen molar-refractivity contribution in [1.82, 2.24) is 4.90 Å². The van der Waals surface area contributed by atoms with Gasteiger partial charge in [-0.25, -0.2) is 4.39 Å². The highest BCUT2D eigenvalue weighted by molar-refractivity contribution is 7.16. The van der Waals surface area contributed by atoms with Gasteiger partial charge in [-0.15, -0.1) is 9.24 Å². The maximum Gasteiger partial charge on any atom is 0.214 e. The summed E-state index contributed by atoms with van der Waals surface area (Å²) in [5, 5.41) is 0. The van der Waals surface area contributed by atoms with Crippen LogP contribution in [0.15, 0.2) is 54.6 Å². The lowest BCUT2D eigenvalue weighted by molar-refractivity contribution is -0.115. The average molecular weight is 433 g/mol. The predicted octanol–water partition coefficient (Wildman–Crippen LogP) is 5.23. The molecule has 1 heterocycles. The van der Waals surface area contributed by atoms with Crippen LogP contribution in [-0.4, -0.2) is 36.6 Å². The Morgan fingerprint density at radius 2 is 1.37 bits per heavy atom. The summed E-state index contributed by atoms with van der Waals surface area (Å²) in [4.78, 5) is 11.8. The second-order valence-corrected chi connectivity index (χ2v) is 8.15. The van der Waals surface area contributed by atoms with Crippen molar-refractivity contribution in [1.29, 1.82) is 0 Å². The van der Waals surface area contributed by atoms with Crippen LogP contribution >= 0.6 is 9.24 Å². The largest absolute Gasteiger partial charge is 0.370 e. The second kappa shape index (κ2) is 17.0. The maximum absolute atomic E-state index is 11.9. The number of amides is 1. The van der Waals surface area contributed by atoms with E-state index in [2.05, 4.69) is 44.1 Å². The summed E-state index contributed by atoms with van der Waals surface area (Å²) in [5.74, 6) is -0.512. The summed E-state index contributed by atoms with van der Waals surface area (Å²) in [6.45, 7) is 5.27. The minimum Gasteiger partial charge on any atom is -0.370 e. The zero-order valence-electron chi connectivity index (χ0n) is 18.4. The van der Waals surface area contributed by atoms with Crippen molar-refractivity contribution in [3.05, 3.63) is 71.5 Å². The Labute approximate surface area is 184 Å². The Morgan fingerprint density at radius 3 is 1.77 bits per heavy atom. The van der Waals surface area contributed by atoms with Gasteiger partial charge in [0, 0.05) is 13.5 Å². The molecule has 2 aliphatic rings. The van der Waals surface area contributed by atoms with E-state index in [0.717, 1.165) is 0 Å². The van der Waals surface area contributed by atoms with Gasteiger partial charge in [0.1, 0.15) is 5.82 Å². The molecule has 0 saturated carbocycles. The molecule has 30 heavy (non-hydrogen) atoms. The zero-order chi connectivity index (χ0) is 22.0. The number of piperidine rings is 1. The fourth-order valence-corrected chi connectivity index (χ4v) is 3.82. The van der Waals surface area contributed by atoms with Crippen LogP contribution in [-0.2, 0) is 17.6 Å². The van der Waals surface area contributed by atoms with Gasteiger partial charge >= 0.3 is 0 Å². The third-order valence-electron chi connectivity index (χ3n) is 4.89. The molecule has 0 spiro atoms. The lowest BCUT2D eigenvalue weighted by atomic mass is 9.92. The normalized spacial score (nSPS) is 15.0. The quantitative estimate of drug-likeness (QED) is 0.661. The van der Waals surface area contributed by atoms with Gasteiger partial charge in [0.05, 0.1) is 0 Å². The van der Waals surface area contributed by atoms with Crippen LogP contribution in [0, 0.1) is 5.82 Å². The molecule has 0 bridgehead atoms. The molecule has 2 N–H and O–H groups in total. The Bertz CT molecular complexity index is 659. The van der Waals surface area contributed by atoms with Crippen molar-refractivity contribution < 1.29 is 9.18 Å². The summed E-state index contributed by atoms with van der Waals surface area (Å²) in [6, 6.07) is 16.7. The van der Waals surface area contributed by atoms with Gasteiger partial charge in [-0.3, -0.25) is 4.79 Å². The standard InChI is InChI=1S/C10H12.C7H16NP.C6H5F.C2H5NO/c1-2-6-10-8-4-3-7-9(10)5-1;9-7-6-8-4-2-1-3-5-8;7-6-4-2-1-3-5-6;1-2(3)4/h1-2,5-6H,3-4,7-8H2;1-7,9H2;1-5H;1H3,(H2,3,4). The first-order valence-electron chi connectivity index (χ1n) is 11.0. The van der Waals surface area contributed by atoms with Crippen LogP contribution in [0.5, 0.6) is 0 Å². The second-order valence-electron chi connectivity index (χ2n) is 7.57. The Hall–Kier alpha value is -1.77. The molecule has 1 amide bonds. The van der Waals surface area contributed by atoms with Crippen molar-refractivity contribution in [3.8, 4) is 0 Å². The minimum atomic E-state index is -0.333. The first-order valence-corrected chi connectivity index (χ1v) is 11.8. The number of carbonyl (C=O) groups is 1. The molecule has 0 radical (unpaired) electrons. The minimum absolute atomic E-state index is 0.178. The maximum atomic E-state index is 11.9. The molecule has 1 aliphatic carbocycles. The first kappa shape index (κ1) is 26.3. The van der Waals surface area contributed by atoms with Crippen LogP contribution in [0.2, 0.25) is 0 Å². The Kier molecular flexibility index (Phi) is 14.9. The van der Waals surface area contributed by atoms with E-state index in [9.17, 15) is 9.18 Å². The van der Waals surface area contributed by atoms with Crippen LogP contribution in [0.4, 0.5) is 4.39 Å². The van der Waals surface area contributed by atoms with Crippen LogP contribution in [0.25, 0.3) is 0 Å². The molecule has 3 nitrogen and oxygen atoms in total. The number of benzene rings is 2. The molecule has 4 rings (SSSR count). The number of likely N-dealkylation sites (tertiary alicyclic amines) is 1. The molecule has 1 atom stereocenters. The van der Waals surface area contributed by atoms with Crippen LogP contribution in [0.3, 0.4) is 0 Å². The van der Waals surface area contributed by atoms with E-state index in [1.807, 2.05) is 0 Å². The molecule has 166 valence electrons. The third kappa shape index (κ3) is 13.5. The summed E-state index contributed by atoms with van der Waals surface area (Å²) < 4.78 is 11.9. The first-order chi connectivity index (χ1) is 14.5. The highest BCUT2D eigenvalue weighted by Gasteiger charge is 2.07. The van der Waals surface area contributed by atoms with Gasteiger partial charge in [-0.1, -0.05) is 48.9 Å². The molecule has 1 aliphatic heterocycles. The van der Waals surface area contributed by atoms with Gasteiger partial charge in [0.25, 0.3) is 0 Å². The summed E-state index contributed by atoms with van der Waals surface area (Å²) in [7, 11) is 2.79. The molecule has 2 aromatic rings. The topological polar surface area (TPSA) is 46.3 Å². The third-order valence-corrected chi connectivity index (χ3v) is 5.15. The fraction of sp³-hybridized carbons (Fsp3) is 0.480. The number of hydrogen-bond acceptors (Lipinski definition) is 2.